The first-order valence-electron chi connectivity index (χ1n) is 9.76. The van der Waals surface area contributed by atoms with Gasteiger partial charge in [-0.3, -0.25) is 4.90 Å². The molecule has 1 aliphatic heterocycles. The number of nitrogens with zero attached hydrogens (tertiary/aromatic N) is 3. The molecular formula is C21H23F3N4S. The number of piperidine rings is 1. The second kappa shape index (κ2) is 8.67. The summed E-state index contributed by atoms with van der Waals surface area (Å²) in [6.45, 7) is 3.85. The van der Waals surface area contributed by atoms with Crippen LogP contribution in [-0.4, -0.2) is 40.7 Å². The van der Waals surface area contributed by atoms with Crippen LogP contribution in [0.25, 0.3) is 10.2 Å². The van der Waals surface area contributed by atoms with E-state index in [1.165, 1.54) is 11.9 Å². The molecular weight excluding hydrogens is 397 g/mol. The highest BCUT2D eigenvalue weighted by atomic mass is 32.1. The Morgan fingerprint density at radius 3 is 2.59 bits per heavy atom. The van der Waals surface area contributed by atoms with Crippen molar-refractivity contribution in [3.8, 4) is 0 Å². The van der Waals surface area contributed by atoms with Gasteiger partial charge in [0.25, 0.3) is 0 Å². The molecule has 1 aliphatic rings. The zero-order valence-electron chi connectivity index (χ0n) is 16.0. The van der Waals surface area contributed by atoms with Crippen LogP contribution in [0.5, 0.6) is 0 Å². The van der Waals surface area contributed by atoms with E-state index in [0.717, 1.165) is 50.4 Å². The van der Waals surface area contributed by atoms with Crippen LogP contribution in [0.1, 0.15) is 23.3 Å². The van der Waals surface area contributed by atoms with Crippen molar-refractivity contribution in [3.05, 3.63) is 53.2 Å². The van der Waals surface area contributed by atoms with Crippen molar-refractivity contribution < 1.29 is 13.2 Å². The summed E-state index contributed by atoms with van der Waals surface area (Å²) in [4.78, 5) is 11.7. The fraction of sp³-hybridized carbons (Fsp3) is 0.429. The van der Waals surface area contributed by atoms with E-state index in [9.17, 15) is 13.2 Å². The first kappa shape index (κ1) is 20.1. The lowest BCUT2D eigenvalue weighted by Gasteiger charge is -2.32. The number of benzene rings is 1. The van der Waals surface area contributed by atoms with E-state index < -0.39 is 12.6 Å². The fourth-order valence-electron chi connectivity index (χ4n) is 3.76. The lowest BCUT2D eigenvalue weighted by molar-refractivity contribution is -0.126. The van der Waals surface area contributed by atoms with Gasteiger partial charge in [-0.15, -0.1) is 11.3 Å². The molecule has 0 atom stereocenters. The minimum absolute atomic E-state index is 0.269. The number of fused-ring (bicyclic) bond motifs is 1. The van der Waals surface area contributed by atoms with E-state index in [0.29, 0.717) is 22.0 Å². The maximum absolute atomic E-state index is 12.7. The van der Waals surface area contributed by atoms with Gasteiger partial charge in [0, 0.05) is 18.0 Å². The highest BCUT2D eigenvalue weighted by Gasteiger charge is 2.29. The monoisotopic (exact) mass is 420 g/mol. The van der Waals surface area contributed by atoms with E-state index in [4.69, 9.17) is 0 Å². The van der Waals surface area contributed by atoms with Crippen LogP contribution in [0.3, 0.4) is 0 Å². The standard InChI is InChI=1S/C21H23F3N4S/c22-21(23,24)11-17-10-18-19(26-14-27-20(18)29-17)25-12-15-6-8-28(9-7-15)13-16-4-2-1-3-5-16/h1-5,10,14-15H,6-9,11-13H2,(H,25,26,27). The lowest BCUT2D eigenvalue weighted by Crippen LogP contribution is -2.35. The number of hydrogen-bond donors (Lipinski definition) is 1. The third-order valence-corrected chi connectivity index (χ3v) is 6.31. The van der Waals surface area contributed by atoms with Crippen LogP contribution in [0, 0.1) is 5.92 Å². The summed E-state index contributed by atoms with van der Waals surface area (Å²) in [5.74, 6) is 1.16. The number of rotatable bonds is 6. The quantitative estimate of drug-likeness (QED) is 0.601. The van der Waals surface area contributed by atoms with E-state index in [1.807, 2.05) is 6.07 Å². The molecule has 29 heavy (non-hydrogen) atoms. The van der Waals surface area contributed by atoms with Gasteiger partial charge in [0.15, 0.2) is 0 Å². The first-order valence-corrected chi connectivity index (χ1v) is 10.6. The molecule has 2 aromatic heterocycles. The van der Waals surface area contributed by atoms with Crippen molar-refractivity contribution in [1.29, 1.82) is 0 Å². The normalized spacial score (nSPS) is 16.4. The molecule has 0 unspecified atom stereocenters. The number of hydrogen-bond acceptors (Lipinski definition) is 5. The Hall–Kier alpha value is -2.19. The van der Waals surface area contributed by atoms with Crippen LogP contribution in [0.4, 0.5) is 19.0 Å². The smallest absolute Gasteiger partial charge is 0.369 e. The summed E-state index contributed by atoms with van der Waals surface area (Å²) < 4.78 is 38.0. The molecule has 154 valence electrons. The highest BCUT2D eigenvalue weighted by molar-refractivity contribution is 7.18. The van der Waals surface area contributed by atoms with E-state index in [2.05, 4.69) is 44.5 Å². The second-order valence-corrected chi connectivity index (χ2v) is 8.65. The summed E-state index contributed by atoms with van der Waals surface area (Å²) in [6, 6.07) is 12.0. The number of halogens is 3. The molecule has 1 saturated heterocycles. The summed E-state index contributed by atoms with van der Waals surface area (Å²) in [6.07, 6.45) is -1.53. The summed E-state index contributed by atoms with van der Waals surface area (Å²) >= 11 is 1.08. The van der Waals surface area contributed by atoms with Crippen molar-refractivity contribution in [2.45, 2.75) is 32.0 Å². The molecule has 0 spiro atoms. The number of alkyl halides is 3. The molecule has 0 aliphatic carbocycles. The molecule has 0 radical (unpaired) electrons. The number of aromatic nitrogens is 2. The third kappa shape index (κ3) is 5.45. The molecule has 1 N–H and O–H groups in total. The molecule has 0 bridgehead atoms. The van der Waals surface area contributed by atoms with Crippen LogP contribution in [0.15, 0.2) is 42.7 Å². The number of nitrogens with one attached hydrogen (secondary N) is 1. The summed E-state index contributed by atoms with van der Waals surface area (Å²) in [5.41, 5.74) is 1.33. The Morgan fingerprint density at radius 1 is 1.10 bits per heavy atom. The molecule has 4 nitrogen and oxygen atoms in total. The molecule has 8 heteroatoms. The van der Waals surface area contributed by atoms with Gasteiger partial charge in [-0.2, -0.15) is 13.2 Å². The van der Waals surface area contributed by atoms with Gasteiger partial charge in [0.05, 0.1) is 11.8 Å². The van der Waals surface area contributed by atoms with Crippen LogP contribution >= 0.6 is 11.3 Å². The minimum Gasteiger partial charge on any atom is -0.369 e. The molecule has 3 aromatic rings. The molecule has 1 aromatic carbocycles. The number of thiophene rings is 1. The predicted octanol–water partition coefficient (Wildman–Crippen LogP) is 5.12. The van der Waals surface area contributed by atoms with Crippen molar-refractivity contribution in [2.75, 3.05) is 25.0 Å². The molecule has 4 rings (SSSR count). The first-order chi connectivity index (χ1) is 14.0. The van der Waals surface area contributed by atoms with Gasteiger partial charge >= 0.3 is 6.18 Å². The Morgan fingerprint density at radius 2 is 1.86 bits per heavy atom. The van der Waals surface area contributed by atoms with Crippen molar-refractivity contribution >= 4 is 27.4 Å². The Balaban J connectivity index is 1.32. The van der Waals surface area contributed by atoms with E-state index in [1.54, 1.807) is 6.07 Å². The zero-order chi connectivity index (χ0) is 20.3. The highest BCUT2D eigenvalue weighted by Crippen LogP contribution is 2.32. The average Bonchev–Trinajstić information content (AvgIpc) is 3.09. The Bertz CT molecular complexity index is 934. The third-order valence-electron chi connectivity index (χ3n) is 5.27. The van der Waals surface area contributed by atoms with E-state index >= 15 is 0 Å². The Labute approximate surface area is 171 Å². The van der Waals surface area contributed by atoms with Gasteiger partial charge in [-0.1, -0.05) is 30.3 Å². The number of likely N-dealkylation sites (tertiary alicyclic amines) is 1. The van der Waals surface area contributed by atoms with E-state index in [-0.39, 0.29) is 4.88 Å². The van der Waals surface area contributed by atoms with Gasteiger partial charge < -0.3 is 5.32 Å². The van der Waals surface area contributed by atoms with Crippen LogP contribution < -0.4 is 5.32 Å². The number of anilines is 1. The fourth-order valence-corrected chi connectivity index (χ4v) is 4.79. The SMILES string of the molecule is FC(F)(F)Cc1cc2c(NCC3CCN(Cc4ccccc4)CC3)ncnc2s1. The van der Waals surface area contributed by atoms with Crippen molar-refractivity contribution in [2.24, 2.45) is 5.92 Å². The topological polar surface area (TPSA) is 41.0 Å². The summed E-state index contributed by atoms with van der Waals surface area (Å²) in [7, 11) is 0. The molecule has 3 heterocycles. The molecule has 1 fully saturated rings. The van der Waals surface area contributed by atoms with Gasteiger partial charge in [0.1, 0.15) is 17.0 Å². The van der Waals surface area contributed by atoms with Gasteiger partial charge in [0.2, 0.25) is 0 Å². The van der Waals surface area contributed by atoms with Gasteiger partial charge in [-0.05, 0) is 43.5 Å². The Kier molecular flexibility index (Phi) is 6.01. The van der Waals surface area contributed by atoms with Gasteiger partial charge in [-0.25, -0.2) is 9.97 Å². The zero-order valence-corrected chi connectivity index (χ0v) is 16.8. The van der Waals surface area contributed by atoms with Crippen molar-refractivity contribution in [3.63, 3.8) is 0 Å². The maximum Gasteiger partial charge on any atom is 0.393 e. The lowest BCUT2D eigenvalue weighted by atomic mass is 9.96. The summed E-state index contributed by atoms with van der Waals surface area (Å²) in [5, 5.41) is 4.03. The van der Waals surface area contributed by atoms with Crippen molar-refractivity contribution in [1.82, 2.24) is 14.9 Å². The molecule has 0 amide bonds. The minimum atomic E-state index is -4.21. The largest absolute Gasteiger partial charge is 0.393 e. The van der Waals surface area contributed by atoms with Crippen LogP contribution in [-0.2, 0) is 13.0 Å². The molecule has 0 saturated carbocycles. The average molecular weight is 421 g/mol. The predicted molar refractivity (Wildman–Crippen MR) is 110 cm³/mol. The van der Waals surface area contributed by atoms with Crippen LogP contribution in [0.2, 0.25) is 0 Å². The second-order valence-electron chi connectivity index (χ2n) is 7.53. The maximum atomic E-state index is 12.7.